The number of aromatic nitrogens is 2. The van der Waals surface area contributed by atoms with Crippen LogP contribution in [-0.2, 0) is 6.54 Å². The Morgan fingerprint density at radius 1 is 1.23 bits per heavy atom. The summed E-state index contributed by atoms with van der Waals surface area (Å²) >= 11 is 1.82. The third-order valence-corrected chi connectivity index (χ3v) is 5.62. The lowest BCUT2D eigenvalue weighted by molar-refractivity contribution is 0.0951. The molecule has 4 nitrogen and oxygen atoms in total. The molecule has 5 heteroatoms. The van der Waals surface area contributed by atoms with E-state index in [1.54, 1.807) is 0 Å². The largest absolute Gasteiger partial charge is 0.348 e. The predicted octanol–water partition coefficient (Wildman–Crippen LogP) is 4.72. The van der Waals surface area contributed by atoms with Gasteiger partial charge in [-0.25, -0.2) is 4.98 Å². The van der Waals surface area contributed by atoms with Gasteiger partial charge in [0.15, 0.2) is 0 Å². The van der Waals surface area contributed by atoms with Crippen molar-refractivity contribution in [3.63, 3.8) is 0 Å². The molecule has 0 unspecified atom stereocenters. The minimum Gasteiger partial charge on any atom is -0.348 e. The van der Waals surface area contributed by atoms with Crippen LogP contribution in [0.4, 0.5) is 0 Å². The molecule has 3 aromatic rings. The summed E-state index contributed by atoms with van der Waals surface area (Å²) in [5.74, 6) is 2.04. The van der Waals surface area contributed by atoms with Crippen LogP contribution in [0.1, 0.15) is 47.6 Å². The molecule has 0 saturated heterocycles. The maximum Gasteiger partial charge on any atom is 0.251 e. The van der Waals surface area contributed by atoms with Crippen molar-refractivity contribution >= 4 is 28.7 Å². The summed E-state index contributed by atoms with van der Waals surface area (Å²) < 4.78 is 2.30. The number of thioether (sulfide) groups is 1. The molecule has 0 radical (unpaired) electrons. The van der Waals surface area contributed by atoms with Crippen LogP contribution in [0.15, 0.2) is 47.4 Å². The van der Waals surface area contributed by atoms with Gasteiger partial charge in [0.25, 0.3) is 5.91 Å². The minimum absolute atomic E-state index is 0.0578. The maximum absolute atomic E-state index is 12.5. The number of amides is 1. The minimum atomic E-state index is -0.0578. The number of imidazole rings is 1. The maximum atomic E-state index is 12.5. The van der Waals surface area contributed by atoms with Gasteiger partial charge in [0, 0.05) is 23.0 Å². The van der Waals surface area contributed by atoms with E-state index in [-0.39, 0.29) is 5.91 Å². The van der Waals surface area contributed by atoms with E-state index in [1.807, 2.05) is 36.9 Å². The van der Waals surface area contributed by atoms with Gasteiger partial charge in [-0.2, -0.15) is 0 Å². The predicted molar refractivity (Wildman–Crippen MR) is 107 cm³/mol. The number of rotatable bonds is 6. The number of nitrogens with zero attached hydrogens (tertiary/aromatic N) is 2. The van der Waals surface area contributed by atoms with E-state index in [9.17, 15) is 4.79 Å². The summed E-state index contributed by atoms with van der Waals surface area (Å²) in [7, 11) is 0. The van der Waals surface area contributed by atoms with Crippen molar-refractivity contribution in [1.29, 1.82) is 0 Å². The van der Waals surface area contributed by atoms with Crippen LogP contribution in [0, 0.1) is 6.92 Å². The van der Waals surface area contributed by atoms with Crippen molar-refractivity contribution in [2.75, 3.05) is 5.75 Å². The van der Waals surface area contributed by atoms with Gasteiger partial charge < -0.3 is 9.88 Å². The fourth-order valence-electron chi connectivity index (χ4n) is 3.31. The fraction of sp³-hybridized carbons (Fsp3) is 0.333. The zero-order valence-corrected chi connectivity index (χ0v) is 16.0. The third kappa shape index (κ3) is 3.49. The van der Waals surface area contributed by atoms with Gasteiger partial charge >= 0.3 is 0 Å². The highest BCUT2D eigenvalue weighted by Gasteiger charge is 2.27. The van der Waals surface area contributed by atoms with Crippen LogP contribution in [0.3, 0.4) is 0 Å². The third-order valence-electron chi connectivity index (χ3n) is 4.73. The van der Waals surface area contributed by atoms with E-state index in [0.717, 1.165) is 28.2 Å². The molecule has 0 aliphatic heterocycles. The molecule has 26 heavy (non-hydrogen) atoms. The molecule has 1 N–H and O–H groups in total. The number of carbonyl (C=O) groups excluding carboxylic acids is 1. The fourth-order valence-corrected chi connectivity index (χ4v) is 3.97. The summed E-state index contributed by atoms with van der Waals surface area (Å²) in [6.45, 7) is 4.72. The van der Waals surface area contributed by atoms with E-state index in [4.69, 9.17) is 0 Å². The Labute approximate surface area is 158 Å². The van der Waals surface area contributed by atoms with Crippen LogP contribution in [0.2, 0.25) is 0 Å². The van der Waals surface area contributed by atoms with Gasteiger partial charge in [-0.1, -0.05) is 19.1 Å². The molecule has 1 aliphatic rings. The van der Waals surface area contributed by atoms with Crippen molar-refractivity contribution in [2.24, 2.45) is 0 Å². The number of aryl methyl sites for hydroxylation is 1. The summed E-state index contributed by atoms with van der Waals surface area (Å²) in [5, 5.41) is 3.01. The zero-order valence-electron chi connectivity index (χ0n) is 15.2. The second kappa shape index (κ2) is 7.16. The second-order valence-electron chi connectivity index (χ2n) is 6.72. The van der Waals surface area contributed by atoms with Crippen molar-refractivity contribution in [1.82, 2.24) is 14.9 Å². The van der Waals surface area contributed by atoms with Gasteiger partial charge in [0.1, 0.15) is 5.82 Å². The van der Waals surface area contributed by atoms with Crippen LogP contribution < -0.4 is 5.32 Å². The second-order valence-corrected chi connectivity index (χ2v) is 8.06. The molecule has 0 spiro atoms. The van der Waals surface area contributed by atoms with E-state index in [0.29, 0.717) is 18.2 Å². The van der Waals surface area contributed by atoms with Crippen molar-refractivity contribution in [3.8, 4) is 0 Å². The summed E-state index contributed by atoms with van der Waals surface area (Å²) in [6.07, 6.45) is 2.45. The van der Waals surface area contributed by atoms with E-state index in [1.165, 1.54) is 17.7 Å². The number of carbonyl (C=O) groups is 1. The van der Waals surface area contributed by atoms with Crippen molar-refractivity contribution in [3.05, 3.63) is 59.4 Å². The molecule has 1 saturated carbocycles. The molecular weight excluding hydrogens is 342 g/mol. The van der Waals surface area contributed by atoms with Crippen LogP contribution in [0.25, 0.3) is 11.0 Å². The Bertz CT molecular complexity index is 942. The zero-order chi connectivity index (χ0) is 18.1. The SMILES string of the molecule is CCSc1ccc(CNC(=O)c2ccc3c(c2)nc(C)n3C2CC2)cc1. The Balaban J connectivity index is 1.46. The van der Waals surface area contributed by atoms with Crippen LogP contribution >= 0.6 is 11.8 Å². The highest BCUT2D eigenvalue weighted by Crippen LogP contribution is 2.38. The summed E-state index contributed by atoms with van der Waals surface area (Å²) in [5.41, 5.74) is 3.80. The first-order valence-electron chi connectivity index (χ1n) is 9.14. The molecule has 2 aromatic carbocycles. The molecule has 1 aromatic heterocycles. The van der Waals surface area contributed by atoms with E-state index >= 15 is 0 Å². The molecule has 1 aliphatic carbocycles. The van der Waals surface area contributed by atoms with Gasteiger partial charge in [-0.3, -0.25) is 4.79 Å². The Hall–Kier alpha value is -2.27. The summed E-state index contributed by atoms with van der Waals surface area (Å²) in [4.78, 5) is 18.4. The van der Waals surface area contributed by atoms with Gasteiger partial charge in [-0.05, 0) is 61.4 Å². The molecule has 1 amide bonds. The van der Waals surface area contributed by atoms with E-state index in [2.05, 4.69) is 46.1 Å². The average molecular weight is 366 g/mol. The molecular formula is C21H23N3OS. The Morgan fingerprint density at radius 3 is 2.69 bits per heavy atom. The average Bonchev–Trinajstić information content (AvgIpc) is 3.42. The number of nitrogens with one attached hydrogen (secondary N) is 1. The monoisotopic (exact) mass is 365 g/mol. The quantitative estimate of drug-likeness (QED) is 0.643. The first-order chi connectivity index (χ1) is 12.7. The lowest BCUT2D eigenvalue weighted by atomic mass is 10.1. The highest BCUT2D eigenvalue weighted by atomic mass is 32.2. The van der Waals surface area contributed by atoms with Crippen molar-refractivity contribution in [2.45, 2.75) is 44.2 Å². The summed E-state index contributed by atoms with van der Waals surface area (Å²) in [6, 6.07) is 14.8. The van der Waals surface area contributed by atoms with Gasteiger partial charge in [-0.15, -0.1) is 11.8 Å². The number of hydrogen-bond acceptors (Lipinski definition) is 3. The molecule has 0 bridgehead atoms. The molecule has 1 heterocycles. The highest BCUT2D eigenvalue weighted by molar-refractivity contribution is 7.99. The molecule has 0 atom stereocenters. The normalized spacial score (nSPS) is 13.9. The Morgan fingerprint density at radius 2 is 2.00 bits per heavy atom. The lowest BCUT2D eigenvalue weighted by Gasteiger charge is -2.07. The molecule has 4 rings (SSSR count). The number of fused-ring (bicyclic) bond motifs is 1. The molecule has 1 fully saturated rings. The smallest absolute Gasteiger partial charge is 0.251 e. The van der Waals surface area contributed by atoms with E-state index < -0.39 is 0 Å². The first-order valence-corrected chi connectivity index (χ1v) is 10.1. The standard InChI is InChI=1S/C21H23N3OS/c1-3-26-18-9-4-15(5-10-18)13-22-21(25)16-6-11-20-19(12-16)23-14(2)24(20)17-7-8-17/h4-6,9-12,17H,3,7-8,13H2,1-2H3,(H,22,25). The van der Waals surface area contributed by atoms with Crippen LogP contribution in [0.5, 0.6) is 0 Å². The lowest BCUT2D eigenvalue weighted by Crippen LogP contribution is -2.22. The van der Waals surface area contributed by atoms with Crippen molar-refractivity contribution < 1.29 is 4.79 Å². The Kier molecular flexibility index (Phi) is 4.72. The van der Waals surface area contributed by atoms with Gasteiger partial charge in [0.2, 0.25) is 0 Å². The number of hydrogen-bond donors (Lipinski definition) is 1. The van der Waals surface area contributed by atoms with Gasteiger partial charge in [0.05, 0.1) is 11.0 Å². The topological polar surface area (TPSA) is 46.9 Å². The van der Waals surface area contributed by atoms with Crippen LogP contribution in [-0.4, -0.2) is 21.2 Å². The molecule has 134 valence electrons. The number of benzene rings is 2. The first kappa shape index (κ1) is 17.2.